The van der Waals surface area contributed by atoms with Crippen molar-refractivity contribution in [3.8, 4) is 0 Å². The van der Waals surface area contributed by atoms with E-state index in [1.165, 1.54) is 12.5 Å². The quantitative estimate of drug-likeness (QED) is 0.922. The standard InChI is InChI=1S/C18H19N3O4/c22-17(20-14-2-1-5-19-9-14)13-8-16-15(4-7-25-16)21(10-13)18(23)12-3-6-24-11-12/h1-3,5-6,9,11,13,15-16H,4,7-8,10H2,(H,20,22)/t13-,15+,16+/m1/s1. The van der Waals surface area contributed by atoms with Crippen LogP contribution in [-0.2, 0) is 9.53 Å². The van der Waals surface area contributed by atoms with Gasteiger partial charge < -0.3 is 19.4 Å². The van der Waals surface area contributed by atoms with Gasteiger partial charge in [0.25, 0.3) is 5.91 Å². The second kappa shape index (κ2) is 6.68. The van der Waals surface area contributed by atoms with Crippen LogP contribution >= 0.6 is 0 Å². The van der Waals surface area contributed by atoms with Gasteiger partial charge in [0.05, 0.1) is 41.8 Å². The lowest BCUT2D eigenvalue weighted by atomic mass is 9.89. The van der Waals surface area contributed by atoms with Crippen molar-refractivity contribution in [1.29, 1.82) is 0 Å². The number of anilines is 1. The minimum absolute atomic E-state index is 0.0184. The van der Waals surface area contributed by atoms with Crippen molar-refractivity contribution < 1.29 is 18.7 Å². The van der Waals surface area contributed by atoms with Crippen LogP contribution in [0.1, 0.15) is 23.2 Å². The van der Waals surface area contributed by atoms with Gasteiger partial charge in [-0.05, 0) is 31.0 Å². The summed E-state index contributed by atoms with van der Waals surface area (Å²) in [4.78, 5) is 31.2. The Morgan fingerprint density at radius 3 is 3.00 bits per heavy atom. The first-order chi connectivity index (χ1) is 12.2. The number of carbonyl (C=O) groups is 2. The molecule has 2 aliphatic heterocycles. The van der Waals surface area contributed by atoms with Gasteiger partial charge in [0.2, 0.25) is 5.91 Å². The van der Waals surface area contributed by atoms with Gasteiger partial charge in [0.15, 0.2) is 0 Å². The molecule has 4 heterocycles. The molecule has 4 rings (SSSR count). The number of nitrogens with zero attached hydrogens (tertiary/aromatic N) is 2. The van der Waals surface area contributed by atoms with Crippen molar-refractivity contribution in [2.45, 2.75) is 25.0 Å². The Labute approximate surface area is 145 Å². The van der Waals surface area contributed by atoms with Gasteiger partial charge in [-0.1, -0.05) is 0 Å². The van der Waals surface area contributed by atoms with Crippen molar-refractivity contribution in [3.63, 3.8) is 0 Å². The second-order valence-electron chi connectivity index (χ2n) is 6.40. The van der Waals surface area contributed by atoms with Gasteiger partial charge in [0, 0.05) is 19.3 Å². The molecule has 7 heteroatoms. The Kier molecular flexibility index (Phi) is 4.23. The highest BCUT2D eigenvalue weighted by Gasteiger charge is 2.44. The molecule has 0 aliphatic carbocycles. The zero-order chi connectivity index (χ0) is 17.2. The maximum atomic E-state index is 12.8. The number of amides is 2. The van der Waals surface area contributed by atoms with Crippen LogP contribution in [0.4, 0.5) is 5.69 Å². The van der Waals surface area contributed by atoms with Gasteiger partial charge in [-0.2, -0.15) is 0 Å². The van der Waals surface area contributed by atoms with Crippen LogP contribution < -0.4 is 5.32 Å². The number of nitrogens with one attached hydrogen (secondary N) is 1. The Hall–Kier alpha value is -2.67. The zero-order valence-corrected chi connectivity index (χ0v) is 13.6. The molecule has 25 heavy (non-hydrogen) atoms. The number of furan rings is 1. The summed E-state index contributed by atoms with van der Waals surface area (Å²) in [6.45, 7) is 0.988. The van der Waals surface area contributed by atoms with Crippen LogP contribution in [0.15, 0.2) is 47.5 Å². The monoisotopic (exact) mass is 341 g/mol. The molecule has 0 unspecified atom stereocenters. The van der Waals surface area contributed by atoms with Gasteiger partial charge >= 0.3 is 0 Å². The first-order valence-electron chi connectivity index (χ1n) is 8.38. The van der Waals surface area contributed by atoms with Gasteiger partial charge in [-0.25, -0.2) is 0 Å². The lowest BCUT2D eigenvalue weighted by molar-refractivity contribution is -0.123. The van der Waals surface area contributed by atoms with Crippen molar-refractivity contribution in [1.82, 2.24) is 9.88 Å². The molecule has 1 N–H and O–H groups in total. The van der Waals surface area contributed by atoms with Gasteiger partial charge in [-0.15, -0.1) is 0 Å². The van der Waals surface area contributed by atoms with Crippen molar-refractivity contribution in [3.05, 3.63) is 48.7 Å². The molecule has 7 nitrogen and oxygen atoms in total. The molecule has 0 bridgehead atoms. The number of aromatic nitrogens is 1. The smallest absolute Gasteiger partial charge is 0.257 e. The maximum Gasteiger partial charge on any atom is 0.257 e. The van der Waals surface area contributed by atoms with Crippen LogP contribution in [0.3, 0.4) is 0 Å². The molecule has 2 saturated heterocycles. The average Bonchev–Trinajstić information content (AvgIpc) is 3.32. The fourth-order valence-electron chi connectivity index (χ4n) is 3.60. The summed E-state index contributed by atoms with van der Waals surface area (Å²) in [5.74, 6) is -0.560. The lowest BCUT2D eigenvalue weighted by Crippen LogP contribution is -2.54. The largest absolute Gasteiger partial charge is 0.472 e. The van der Waals surface area contributed by atoms with E-state index < -0.39 is 0 Å². The van der Waals surface area contributed by atoms with E-state index in [1.54, 1.807) is 35.5 Å². The van der Waals surface area contributed by atoms with Crippen LogP contribution in [0.2, 0.25) is 0 Å². The Bertz CT molecular complexity index is 747. The second-order valence-corrected chi connectivity index (χ2v) is 6.40. The molecule has 2 aromatic rings. The van der Waals surface area contributed by atoms with E-state index in [4.69, 9.17) is 9.15 Å². The first kappa shape index (κ1) is 15.8. The normalized spacial score (nSPS) is 25.4. The molecule has 0 saturated carbocycles. The number of fused-ring (bicyclic) bond motifs is 1. The Morgan fingerprint density at radius 2 is 2.24 bits per heavy atom. The van der Waals surface area contributed by atoms with E-state index >= 15 is 0 Å². The van der Waals surface area contributed by atoms with Crippen LogP contribution in [-0.4, -0.2) is 47.0 Å². The molecule has 0 radical (unpaired) electrons. The number of piperidine rings is 1. The van der Waals surface area contributed by atoms with Crippen molar-refractivity contribution in [2.24, 2.45) is 5.92 Å². The highest BCUT2D eigenvalue weighted by molar-refractivity contribution is 5.96. The maximum absolute atomic E-state index is 12.8. The molecule has 0 aromatic carbocycles. The number of ether oxygens (including phenoxy) is 1. The third kappa shape index (κ3) is 3.15. The topological polar surface area (TPSA) is 84.7 Å². The Balaban J connectivity index is 1.52. The van der Waals surface area contributed by atoms with E-state index in [9.17, 15) is 9.59 Å². The third-order valence-electron chi connectivity index (χ3n) is 4.84. The molecule has 0 spiro atoms. The fraction of sp³-hybridized carbons (Fsp3) is 0.389. The average molecular weight is 341 g/mol. The van der Waals surface area contributed by atoms with Crippen molar-refractivity contribution in [2.75, 3.05) is 18.5 Å². The minimum atomic E-state index is -0.324. The van der Waals surface area contributed by atoms with Crippen LogP contribution in [0.25, 0.3) is 0 Å². The highest BCUT2D eigenvalue weighted by Crippen LogP contribution is 2.33. The predicted octanol–water partition coefficient (Wildman–Crippen LogP) is 1.93. The molecular weight excluding hydrogens is 322 g/mol. The predicted molar refractivity (Wildman–Crippen MR) is 88.9 cm³/mol. The van der Waals surface area contributed by atoms with E-state index in [0.717, 1.165) is 6.42 Å². The molecule has 130 valence electrons. The molecule has 2 aliphatic rings. The number of likely N-dealkylation sites (tertiary alicyclic amines) is 1. The van der Waals surface area contributed by atoms with Gasteiger partial charge in [0.1, 0.15) is 6.26 Å². The fourth-order valence-corrected chi connectivity index (χ4v) is 3.60. The first-order valence-corrected chi connectivity index (χ1v) is 8.38. The molecule has 3 atom stereocenters. The Morgan fingerprint density at radius 1 is 1.32 bits per heavy atom. The van der Waals surface area contributed by atoms with Gasteiger partial charge in [-0.3, -0.25) is 14.6 Å². The number of hydrogen-bond acceptors (Lipinski definition) is 5. The lowest BCUT2D eigenvalue weighted by Gasteiger charge is -2.40. The number of rotatable bonds is 3. The number of carbonyl (C=O) groups excluding carboxylic acids is 2. The van der Waals surface area contributed by atoms with E-state index in [1.807, 2.05) is 0 Å². The summed E-state index contributed by atoms with van der Waals surface area (Å²) in [6, 6.07) is 5.22. The summed E-state index contributed by atoms with van der Waals surface area (Å²) >= 11 is 0. The van der Waals surface area contributed by atoms with Crippen LogP contribution in [0, 0.1) is 5.92 Å². The molecule has 2 aromatic heterocycles. The summed E-state index contributed by atoms with van der Waals surface area (Å²) in [6.07, 6.45) is 7.48. The summed E-state index contributed by atoms with van der Waals surface area (Å²) in [5.41, 5.74) is 1.15. The molecule has 2 amide bonds. The van der Waals surface area contributed by atoms with Crippen molar-refractivity contribution >= 4 is 17.5 Å². The third-order valence-corrected chi connectivity index (χ3v) is 4.84. The van der Waals surface area contributed by atoms with E-state index in [0.29, 0.717) is 30.8 Å². The molecular formula is C18H19N3O4. The summed E-state index contributed by atoms with van der Waals surface area (Å²) in [5, 5.41) is 2.87. The highest BCUT2D eigenvalue weighted by atomic mass is 16.5. The molecule has 2 fully saturated rings. The SMILES string of the molecule is O=C(Nc1cccnc1)[C@@H]1C[C@@H]2OCC[C@@H]2N(C(=O)c2ccoc2)C1. The van der Waals surface area contributed by atoms with Crippen LogP contribution in [0.5, 0.6) is 0 Å². The summed E-state index contributed by atoms with van der Waals surface area (Å²) in [7, 11) is 0. The minimum Gasteiger partial charge on any atom is -0.472 e. The van der Waals surface area contributed by atoms with E-state index in [2.05, 4.69) is 10.3 Å². The number of pyridine rings is 1. The number of hydrogen-bond donors (Lipinski definition) is 1. The zero-order valence-electron chi connectivity index (χ0n) is 13.6. The van der Waals surface area contributed by atoms with E-state index in [-0.39, 0.29) is 29.9 Å². The summed E-state index contributed by atoms with van der Waals surface area (Å²) < 4.78 is 10.8.